The van der Waals surface area contributed by atoms with E-state index >= 15 is 0 Å². The second kappa shape index (κ2) is 3.28. The summed E-state index contributed by atoms with van der Waals surface area (Å²) in [4.78, 5) is 10.9. The van der Waals surface area contributed by atoms with Gasteiger partial charge in [-0.25, -0.2) is 0 Å². The van der Waals surface area contributed by atoms with E-state index in [1.54, 1.807) is 0 Å². The Hall–Kier alpha value is -1.03. The Morgan fingerprint density at radius 1 is 1.36 bits per heavy atom. The Morgan fingerprint density at radius 2 is 2.21 bits per heavy atom. The van der Waals surface area contributed by atoms with Crippen LogP contribution in [0.25, 0.3) is 0 Å². The lowest BCUT2D eigenvalue weighted by molar-refractivity contribution is 0.476. The van der Waals surface area contributed by atoms with Gasteiger partial charge in [-0.3, -0.25) is 9.98 Å². The van der Waals surface area contributed by atoms with Crippen LogP contribution in [-0.4, -0.2) is 34.7 Å². The Labute approximate surface area is 87.2 Å². The summed E-state index contributed by atoms with van der Waals surface area (Å²) < 4.78 is 0. The summed E-state index contributed by atoms with van der Waals surface area (Å²) in [6.45, 7) is 3.18. The van der Waals surface area contributed by atoms with Crippen molar-refractivity contribution < 1.29 is 0 Å². The van der Waals surface area contributed by atoms with Crippen LogP contribution >= 0.6 is 11.8 Å². The fourth-order valence-electron chi connectivity index (χ4n) is 1.86. The third kappa shape index (κ3) is 1.30. The number of thioether (sulfide) groups is 1. The SMILES string of the molecule is c1cc(C2CN3CCN=C3S2)ccn1. The van der Waals surface area contributed by atoms with Crippen LogP contribution in [0.3, 0.4) is 0 Å². The quantitative estimate of drug-likeness (QED) is 0.696. The van der Waals surface area contributed by atoms with E-state index in [2.05, 4.69) is 27.0 Å². The van der Waals surface area contributed by atoms with E-state index < -0.39 is 0 Å². The molecule has 1 fully saturated rings. The highest BCUT2D eigenvalue weighted by Gasteiger charge is 2.31. The van der Waals surface area contributed by atoms with Gasteiger partial charge in [-0.05, 0) is 17.7 Å². The zero-order valence-corrected chi connectivity index (χ0v) is 8.57. The van der Waals surface area contributed by atoms with Gasteiger partial charge in [0.1, 0.15) is 0 Å². The summed E-state index contributed by atoms with van der Waals surface area (Å²) in [6, 6.07) is 4.20. The molecule has 0 bridgehead atoms. The van der Waals surface area contributed by atoms with Gasteiger partial charge < -0.3 is 4.90 Å². The molecule has 14 heavy (non-hydrogen) atoms. The molecule has 1 saturated heterocycles. The summed E-state index contributed by atoms with van der Waals surface area (Å²) in [7, 11) is 0. The molecule has 1 atom stereocenters. The molecule has 0 aliphatic carbocycles. The van der Waals surface area contributed by atoms with Gasteiger partial charge in [0.25, 0.3) is 0 Å². The van der Waals surface area contributed by atoms with Gasteiger partial charge in [0.2, 0.25) is 0 Å². The van der Waals surface area contributed by atoms with Crippen LogP contribution < -0.4 is 0 Å². The number of fused-ring (bicyclic) bond motifs is 1. The average molecular weight is 205 g/mol. The van der Waals surface area contributed by atoms with Gasteiger partial charge >= 0.3 is 0 Å². The van der Waals surface area contributed by atoms with Crippen molar-refractivity contribution in [1.29, 1.82) is 0 Å². The molecule has 2 aliphatic rings. The topological polar surface area (TPSA) is 28.5 Å². The van der Waals surface area contributed by atoms with Gasteiger partial charge in [-0.2, -0.15) is 0 Å². The smallest absolute Gasteiger partial charge is 0.160 e. The molecule has 2 aliphatic heterocycles. The van der Waals surface area contributed by atoms with Gasteiger partial charge in [0.15, 0.2) is 5.17 Å². The molecule has 1 unspecified atom stereocenters. The Morgan fingerprint density at radius 3 is 3.00 bits per heavy atom. The van der Waals surface area contributed by atoms with Crippen molar-refractivity contribution in [1.82, 2.24) is 9.88 Å². The molecule has 0 radical (unpaired) electrons. The summed E-state index contributed by atoms with van der Waals surface area (Å²) in [6.07, 6.45) is 3.72. The second-order valence-corrected chi connectivity index (χ2v) is 4.67. The molecule has 3 heterocycles. The molecule has 0 saturated carbocycles. The number of nitrogens with zero attached hydrogens (tertiary/aromatic N) is 3. The average Bonchev–Trinajstić information content (AvgIpc) is 2.78. The van der Waals surface area contributed by atoms with E-state index in [0.29, 0.717) is 5.25 Å². The minimum atomic E-state index is 0.553. The van der Waals surface area contributed by atoms with Crippen molar-refractivity contribution in [3.63, 3.8) is 0 Å². The van der Waals surface area contributed by atoms with E-state index in [9.17, 15) is 0 Å². The third-order valence-corrected chi connectivity index (χ3v) is 3.90. The number of hydrogen-bond donors (Lipinski definition) is 0. The first kappa shape index (κ1) is 8.29. The lowest BCUT2D eigenvalue weighted by Gasteiger charge is -2.11. The standard InChI is InChI=1S/C10H11N3S/c1-3-11-4-2-8(1)9-7-13-6-5-12-10(13)14-9/h1-4,9H,5-7H2. The molecule has 0 N–H and O–H groups in total. The van der Waals surface area contributed by atoms with Crippen LogP contribution in [0.2, 0.25) is 0 Å². The van der Waals surface area contributed by atoms with Crippen molar-refractivity contribution in [2.24, 2.45) is 4.99 Å². The van der Waals surface area contributed by atoms with Crippen molar-refractivity contribution in [2.75, 3.05) is 19.6 Å². The predicted octanol–water partition coefficient (Wildman–Crippen LogP) is 1.54. The number of pyridine rings is 1. The minimum absolute atomic E-state index is 0.553. The van der Waals surface area contributed by atoms with Gasteiger partial charge in [0, 0.05) is 25.5 Å². The van der Waals surface area contributed by atoms with Crippen LogP contribution in [0.15, 0.2) is 29.5 Å². The van der Waals surface area contributed by atoms with Crippen molar-refractivity contribution >= 4 is 16.9 Å². The van der Waals surface area contributed by atoms with E-state index in [0.717, 1.165) is 19.6 Å². The molecule has 0 amide bonds. The Balaban J connectivity index is 1.83. The lowest BCUT2D eigenvalue weighted by atomic mass is 10.2. The second-order valence-electron chi connectivity index (χ2n) is 3.50. The summed E-state index contributed by atoms with van der Waals surface area (Å²) in [5.41, 5.74) is 1.36. The zero-order valence-electron chi connectivity index (χ0n) is 7.76. The molecule has 1 aromatic rings. The molecule has 72 valence electrons. The molecular formula is C10H11N3S. The highest BCUT2D eigenvalue weighted by atomic mass is 32.2. The maximum absolute atomic E-state index is 4.46. The fraction of sp³-hybridized carbons (Fsp3) is 0.400. The Bertz CT molecular complexity index is 363. The number of aliphatic imine (C=N–C) groups is 1. The molecular weight excluding hydrogens is 194 g/mol. The number of rotatable bonds is 1. The lowest BCUT2D eigenvalue weighted by Crippen LogP contribution is -2.21. The van der Waals surface area contributed by atoms with Crippen molar-refractivity contribution in [3.8, 4) is 0 Å². The summed E-state index contributed by atoms with van der Waals surface area (Å²) in [5.74, 6) is 0. The molecule has 3 nitrogen and oxygen atoms in total. The zero-order chi connectivity index (χ0) is 9.38. The fourth-order valence-corrected chi connectivity index (χ4v) is 3.14. The van der Waals surface area contributed by atoms with Crippen LogP contribution in [0.5, 0.6) is 0 Å². The maximum atomic E-state index is 4.46. The molecule has 1 aromatic heterocycles. The van der Waals surface area contributed by atoms with Crippen LogP contribution in [0.1, 0.15) is 10.8 Å². The van der Waals surface area contributed by atoms with E-state index in [4.69, 9.17) is 0 Å². The van der Waals surface area contributed by atoms with Gasteiger partial charge in [0.05, 0.1) is 11.8 Å². The van der Waals surface area contributed by atoms with E-state index in [1.165, 1.54) is 10.7 Å². The van der Waals surface area contributed by atoms with Crippen molar-refractivity contribution in [3.05, 3.63) is 30.1 Å². The molecule has 0 aromatic carbocycles. The molecule has 0 spiro atoms. The minimum Gasteiger partial charge on any atom is -0.348 e. The number of aromatic nitrogens is 1. The first-order valence-corrected chi connectivity index (χ1v) is 5.67. The van der Waals surface area contributed by atoms with Crippen LogP contribution in [0, 0.1) is 0 Å². The normalized spacial score (nSPS) is 25.0. The summed E-state index contributed by atoms with van der Waals surface area (Å²) in [5, 5.41) is 1.78. The molecule has 3 rings (SSSR count). The monoisotopic (exact) mass is 205 g/mol. The van der Waals surface area contributed by atoms with E-state index in [1.807, 2.05) is 24.2 Å². The van der Waals surface area contributed by atoms with Crippen molar-refractivity contribution in [2.45, 2.75) is 5.25 Å². The number of hydrogen-bond acceptors (Lipinski definition) is 4. The Kier molecular flexibility index (Phi) is 1.94. The highest BCUT2D eigenvalue weighted by Crippen LogP contribution is 2.39. The van der Waals surface area contributed by atoms with Crippen LogP contribution in [0.4, 0.5) is 0 Å². The third-order valence-electron chi connectivity index (χ3n) is 2.60. The van der Waals surface area contributed by atoms with E-state index in [-0.39, 0.29) is 0 Å². The first-order chi connectivity index (χ1) is 6.93. The highest BCUT2D eigenvalue weighted by molar-refractivity contribution is 8.14. The number of amidine groups is 1. The predicted molar refractivity (Wildman–Crippen MR) is 58.4 cm³/mol. The maximum Gasteiger partial charge on any atom is 0.160 e. The van der Waals surface area contributed by atoms with Crippen LogP contribution in [-0.2, 0) is 0 Å². The molecule has 4 heteroatoms. The summed E-state index contributed by atoms with van der Waals surface area (Å²) >= 11 is 1.88. The largest absolute Gasteiger partial charge is 0.348 e. The van der Waals surface area contributed by atoms with Gasteiger partial charge in [-0.15, -0.1) is 0 Å². The van der Waals surface area contributed by atoms with Gasteiger partial charge in [-0.1, -0.05) is 11.8 Å². The first-order valence-electron chi connectivity index (χ1n) is 4.79.